The Balaban J connectivity index is 2.12. The van der Waals surface area contributed by atoms with Crippen molar-refractivity contribution >= 4 is 23.1 Å². The van der Waals surface area contributed by atoms with Crippen molar-refractivity contribution in [2.24, 2.45) is 0 Å². The van der Waals surface area contributed by atoms with Gasteiger partial charge in [-0.05, 0) is 18.6 Å². The predicted molar refractivity (Wildman–Crippen MR) is 77.8 cm³/mol. The Morgan fingerprint density at radius 2 is 2.18 bits per heavy atom. The number of pyridine rings is 1. The highest BCUT2D eigenvalue weighted by molar-refractivity contribution is 5.86. The van der Waals surface area contributed by atoms with Gasteiger partial charge in [0.25, 0.3) is 0 Å². The predicted octanol–water partition coefficient (Wildman–Crippen LogP) is 0.245. The monoisotopic (exact) mass is 303 g/mol. The normalized spacial score (nSPS) is 18.0. The number of hydrogen-bond acceptors (Lipinski definition) is 6. The van der Waals surface area contributed by atoms with Gasteiger partial charge in [-0.25, -0.2) is 4.98 Å². The molecule has 0 aliphatic carbocycles. The smallest absolute Gasteiger partial charge is 0.352 e. The first-order chi connectivity index (χ1) is 10.5. The summed E-state index contributed by atoms with van der Waals surface area (Å²) in [5.74, 6) is -0.348. The van der Waals surface area contributed by atoms with Gasteiger partial charge in [0.05, 0.1) is 4.92 Å². The first kappa shape index (κ1) is 14.0. The lowest BCUT2D eigenvalue weighted by molar-refractivity contribution is -0.385. The van der Waals surface area contributed by atoms with Gasteiger partial charge in [0.1, 0.15) is 11.7 Å². The molecule has 114 valence electrons. The summed E-state index contributed by atoms with van der Waals surface area (Å²) in [6, 6.07) is 4.22. The molecule has 1 saturated heterocycles. The van der Waals surface area contributed by atoms with Crippen LogP contribution in [0.3, 0.4) is 0 Å². The molecular formula is C13H13N5O4. The Hall–Kier alpha value is -2.97. The largest absolute Gasteiger partial charge is 0.376 e. The van der Waals surface area contributed by atoms with Crippen LogP contribution in [-0.2, 0) is 4.79 Å². The van der Waals surface area contributed by atoms with Gasteiger partial charge in [0.2, 0.25) is 11.7 Å². The minimum absolute atomic E-state index is 0.171. The molecule has 0 spiro atoms. The first-order valence-corrected chi connectivity index (χ1v) is 6.66. The zero-order valence-corrected chi connectivity index (χ0v) is 11.7. The lowest BCUT2D eigenvalue weighted by Crippen LogP contribution is -2.32. The number of likely N-dealkylation sites (tertiary alicyclic amines) is 1. The van der Waals surface area contributed by atoms with E-state index in [4.69, 9.17) is 0 Å². The number of amides is 1. The molecule has 1 N–H and O–H groups in total. The Morgan fingerprint density at radius 3 is 2.82 bits per heavy atom. The van der Waals surface area contributed by atoms with Gasteiger partial charge in [0, 0.05) is 19.8 Å². The molecule has 1 unspecified atom stereocenters. The molecular weight excluding hydrogens is 290 g/mol. The number of carbonyl (C=O) groups is 1. The van der Waals surface area contributed by atoms with Crippen molar-refractivity contribution in [3.8, 4) is 0 Å². The number of nitro groups is 1. The quantitative estimate of drug-likeness (QED) is 0.642. The topological polar surface area (TPSA) is 110 Å². The molecule has 0 radical (unpaired) electrons. The van der Waals surface area contributed by atoms with Crippen LogP contribution in [0.4, 0.5) is 11.5 Å². The molecule has 1 atom stereocenters. The molecule has 0 bridgehead atoms. The maximum atomic E-state index is 12.3. The number of likely N-dealkylation sites (N-methyl/N-ethyl adjacent to an activating group) is 1. The number of rotatable bonds is 3. The van der Waals surface area contributed by atoms with Crippen molar-refractivity contribution < 1.29 is 9.72 Å². The average Bonchev–Trinajstić information content (AvgIpc) is 2.79. The van der Waals surface area contributed by atoms with Gasteiger partial charge >= 0.3 is 11.2 Å². The van der Waals surface area contributed by atoms with E-state index in [1.54, 1.807) is 25.2 Å². The Kier molecular flexibility index (Phi) is 3.24. The van der Waals surface area contributed by atoms with E-state index in [1.807, 2.05) is 0 Å². The third-order valence-electron chi connectivity index (χ3n) is 3.63. The molecule has 3 heterocycles. The molecule has 1 amide bonds. The van der Waals surface area contributed by atoms with E-state index in [2.05, 4.69) is 10.3 Å². The number of hydrogen-bond donors (Lipinski definition) is 1. The number of nitrogens with one attached hydrogen (secondary N) is 1. The van der Waals surface area contributed by atoms with Crippen LogP contribution < -0.4 is 10.9 Å². The minimum atomic E-state index is -0.781. The maximum Gasteiger partial charge on any atom is 0.376 e. The summed E-state index contributed by atoms with van der Waals surface area (Å²) in [4.78, 5) is 40.3. The number of anilines is 1. The fraction of sp³-hybridized carbons (Fsp3) is 0.308. The maximum absolute atomic E-state index is 12.3. The Morgan fingerprint density at radius 1 is 1.41 bits per heavy atom. The SMILES string of the molecule is CN1CCC(Nc2nc3ccccn3c(=O)c2[N+](=O)[O-])C1=O. The van der Waals surface area contributed by atoms with E-state index in [-0.39, 0.29) is 17.4 Å². The molecule has 3 rings (SSSR count). The molecule has 2 aromatic heterocycles. The third-order valence-corrected chi connectivity index (χ3v) is 3.63. The van der Waals surface area contributed by atoms with Crippen molar-refractivity contribution in [1.82, 2.24) is 14.3 Å². The summed E-state index contributed by atoms with van der Waals surface area (Å²) >= 11 is 0. The molecule has 0 aromatic carbocycles. The summed E-state index contributed by atoms with van der Waals surface area (Å²) in [6.45, 7) is 0.552. The van der Waals surface area contributed by atoms with Gasteiger partial charge < -0.3 is 10.2 Å². The van der Waals surface area contributed by atoms with Crippen molar-refractivity contribution in [3.63, 3.8) is 0 Å². The van der Waals surface area contributed by atoms with E-state index >= 15 is 0 Å². The highest BCUT2D eigenvalue weighted by atomic mass is 16.6. The second-order valence-electron chi connectivity index (χ2n) is 5.05. The lowest BCUT2D eigenvalue weighted by Gasteiger charge is -2.13. The molecule has 9 heteroatoms. The molecule has 1 aliphatic heterocycles. The van der Waals surface area contributed by atoms with Gasteiger partial charge in [-0.3, -0.25) is 24.1 Å². The molecule has 1 aliphatic rings. The van der Waals surface area contributed by atoms with Crippen LogP contribution in [-0.4, -0.2) is 44.7 Å². The van der Waals surface area contributed by atoms with Crippen LogP contribution >= 0.6 is 0 Å². The lowest BCUT2D eigenvalue weighted by atomic mass is 10.2. The minimum Gasteiger partial charge on any atom is -0.352 e. The second-order valence-corrected chi connectivity index (χ2v) is 5.05. The van der Waals surface area contributed by atoms with Crippen LogP contribution in [0.1, 0.15) is 6.42 Å². The van der Waals surface area contributed by atoms with Crippen LogP contribution in [0, 0.1) is 10.1 Å². The number of fused-ring (bicyclic) bond motifs is 1. The third kappa shape index (κ3) is 2.16. The Bertz CT molecular complexity index is 831. The molecule has 1 fully saturated rings. The highest BCUT2D eigenvalue weighted by Crippen LogP contribution is 2.22. The fourth-order valence-electron chi connectivity index (χ4n) is 2.47. The molecule has 2 aromatic rings. The Labute approximate surface area is 124 Å². The fourth-order valence-corrected chi connectivity index (χ4v) is 2.47. The van der Waals surface area contributed by atoms with Crippen molar-refractivity contribution in [2.45, 2.75) is 12.5 Å². The van der Waals surface area contributed by atoms with Gasteiger partial charge in [-0.2, -0.15) is 0 Å². The molecule has 22 heavy (non-hydrogen) atoms. The first-order valence-electron chi connectivity index (χ1n) is 6.66. The van der Waals surface area contributed by atoms with Gasteiger partial charge in [-0.15, -0.1) is 0 Å². The zero-order chi connectivity index (χ0) is 15.9. The summed E-state index contributed by atoms with van der Waals surface area (Å²) in [7, 11) is 1.65. The van der Waals surface area contributed by atoms with Crippen molar-refractivity contribution in [1.29, 1.82) is 0 Å². The van der Waals surface area contributed by atoms with Crippen LogP contribution in [0.25, 0.3) is 5.65 Å². The number of carbonyl (C=O) groups excluding carboxylic acids is 1. The van der Waals surface area contributed by atoms with Gasteiger partial charge in [-0.1, -0.05) is 6.07 Å². The van der Waals surface area contributed by atoms with E-state index in [9.17, 15) is 19.7 Å². The number of aromatic nitrogens is 2. The standard InChI is InChI=1S/C13H13N5O4/c1-16-7-5-8(12(16)19)14-11-10(18(21)22)13(20)17-6-3-2-4-9(17)15-11/h2-4,6,8,14H,5,7H2,1H3. The van der Waals surface area contributed by atoms with Crippen LogP contribution in [0.5, 0.6) is 0 Å². The van der Waals surface area contributed by atoms with Crippen LogP contribution in [0.2, 0.25) is 0 Å². The number of nitrogens with zero attached hydrogens (tertiary/aromatic N) is 4. The van der Waals surface area contributed by atoms with Gasteiger partial charge in [0.15, 0.2) is 0 Å². The second kappa shape index (κ2) is 5.10. The molecule has 9 nitrogen and oxygen atoms in total. The average molecular weight is 303 g/mol. The zero-order valence-electron chi connectivity index (χ0n) is 11.7. The van der Waals surface area contributed by atoms with E-state index in [1.165, 1.54) is 11.1 Å². The summed E-state index contributed by atoms with van der Waals surface area (Å²) in [5, 5.41) is 14.0. The summed E-state index contributed by atoms with van der Waals surface area (Å²) < 4.78 is 1.10. The van der Waals surface area contributed by atoms with Crippen molar-refractivity contribution in [2.75, 3.05) is 18.9 Å². The van der Waals surface area contributed by atoms with E-state index < -0.39 is 22.2 Å². The van der Waals surface area contributed by atoms with E-state index in [0.29, 0.717) is 13.0 Å². The molecule has 0 saturated carbocycles. The van der Waals surface area contributed by atoms with Crippen LogP contribution in [0.15, 0.2) is 29.2 Å². The van der Waals surface area contributed by atoms with E-state index in [0.717, 1.165) is 4.40 Å². The van der Waals surface area contributed by atoms with Crippen molar-refractivity contribution in [3.05, 3.63) is 44.9 Å². The summed E-state index contributed by atoms with van der Waals surface area (Å²) in [6.07, 6.45) is 1.91. The highest BCUT2D eigenvalue weighted by Gasteiger charge is 2.32. The summed E-state index contributed by atoms with van der Waals surface area (Å²) in [5.41, 5.74) is -1.16.